The Kier molecular flexibility index (Phi) is 8.19. The number of rotatable bonds is 7. The highest BCUT2D eigenvalue weighted by atomic mass is 35.5. The molecule has 1 heterocycles. The average molecular weight is 429 g/mol. The Balaban J connectivity index is 1.56. The van der Waals surface area contributed by atoms with Crippen LogP contribution in [-0.4, -0.2) is 47.5 Å². The molecule has 3 rings (SSSR count). The van der Waals surface area contributed by atoms with Gasteiger partial charge in [-0.3, -0.25) is 4.79 Å². The van der Waals surface area contributed by atoms with Crippen LogP contribution < -0.4 is 5.32 Å². The minimum absolute atomic E-state index is 0.0684. The van der Waals surface area contributed by atoms with Gasteiger partial charge in [0.05, 0.1) is 16.5 Å². The molecule has 0 bridgehead atoms. The molecule has 1 amide bonds. The van der Waals surface area contributed by atoms with Crippen LogP contribution in [0.15, 0.2) is 18.2 Å². The van der Waals surface area contributed by atoms with Crippen LogP contribution in [0.4, 0.5) is 0 Å². The predicted molar refractivity (Wildman–Crippen MR) is 117 cm³/mol. The van der Waals surface area contributed by atoms with Crippen molar-refractivity contribution in [3.8, 4) is 0 Å². The molecular weight excluding hydrogens is 399 g/mol. The molecule has 1 aromatic rings. The van der Waals surface area contributed by atoms with Crippen LogP contribution in [0.1, 0.15) is 44.6 Å². The lowest BCUT2D eigenvalue weighted by molar-refractivity contribution is -0.120. The molecule has 6 heteroatoms. The maximum atomic E-state index is 12.5. The van der Waals surface area contributed by atoms with Crippen LogP contribution in [0.3, 0.4) is 0 Å². The van der Waals surface area contributed by atoms with Crippen LogP contribution >= 0.6 is 35.0 Å². The van der Waals surface area contributed by atoms with E-state index >= 15 is 0 Å². The fourth-order valence-electron chi connectivity index (χ4n) is 4.51. The summed E-state index contributed by atoms with van der Waals surface area (Å²) in [4.78, 5) is 15.1. The SMILES string of the molecule is CCSC1CCC(N2CCCC2)C(CNC(=O)Cc2ccc(Cl)c(Cl)c2)C1. The second-order valence-corrected chi connectivity index (χ2v) is 10.1. The van der Waals surface area contributed by atoms with Crippen molar-refractivity contribution in [2.45, 2.75) is 56.7 Å². The Labute approximate surface area is 177 Å². The summed E-state index contributed by atoms with van der Waals surface area (Å²) in [7, 11) is 0. The van der Waals surface area contributed by atoms with Crippen molar-refractivity contribution < 1.29 is 4.79 Å². The number of thioether (sulfide) groups is 1. The van der Waals surface area contributed by atoms with E-state index in [4.69, 9.17) is 23.2 Å². The third-order valence-electron chi connectivity index (χ3n) is 5.82. The molecule has 1 saturated heterocycles. The van der Waals surface area contributed by atoms with Crippen LogP contribution in [-0.2, 0) is 11.2 Å². The number of carbonyl (C=O) groups is 1. The second kappa shape index (κ2) is 10.4. The second-order valence-electron chi connectivity index (χ2n) is 7.69. The van der Waals surface area contributed by atoms with Crippen LogP contribution in [0.5, 0.6) is 0 Å². The fourth-order valence-corrected chi connectivity index (χ4v) is 5.99. The van der Waals surface area contributed by atoms with Gasteiger partial charge in [-0.25, -0.2) is 0 Å². The molecule has 1 aliphatic carbocycles. The quantitative estimate of drug-likeness (QED) is 0.659. The Bertz CT molecular complexity index is 637. The van der Waals surface area contributed by atoms with Crippen LogP contribution in [0.25, 0.3) is 0 Å². The molecule has 0 aromatic heterocycles. The zero-order valence-electron chi connectivity index (χ0n) is 16.1. The molecule has 1 aromatic carbocycles. The summed E-state index contributed by atoms with van der Waals surface area (Å²) in [5.41, 5.74) is 0.904. The monoisotopic (exact) mass is 428 g/mol. The highest BCUT2D eigenvalue weighted by Gasteiger charge is 2.35. The van der Waals surface area contributed by atoms with Gasteiger partial charge in [-0.2, -0.15) is 11.8 Å². The molecule has 0 radical (unpaired) electrons. The number of nitrogens with one attached hydrogen (secondary N) is 1. The lowest BCUT2D eigenvalue weighted by Gasteiger charge is -2.41. The molecule has 3 atom stereocenters. The molecule has 3 unspecified atom stereocenters. The number of hydrogen-bond donors (Lipinski definition) is 1. The summed E-state index contributed by atoms with van der Waals surface area (Å²) >= 11 is 14.1. The van der Waals surface area contributed by atoms with Gasteiger partial charge in [0.25, 0.3) is 0 Å². The number of benzene rings is 1. The Morgan fingerprint density at radius 2 is 2.00 bits per heavy atom. The highest BCUT2D eigenvalue weighted by Crippen LogP contribution is 2.36. The summed E-state index contributed by atoms with van der Waals surface area (Å²) in [6.45, 7) is 5.47. The highest BCUT2D eigenvalue weighted by molar-refractivity contribution is 7.99. The van der Waals surface area contributed by atoms with Crippen molar-refractivity contribution in [3.05, 3.63) is 33.8 Å². The van der Waals surface area contributed by atoms with E-state index in [0.29, 0.717) is 28.4 Å². The minimum atomic E-state index is 0.0684. The van der Waals surface area contributed by atoms with Crippen LogP contribution in [0.2, 0.25) is 10.0 Å². The molecular formula is C21H30Cl2N2OS. The third-order valence-corrected chi connectivity index (χ3v) is 7.79. The van der Waals surface area contributed by atoms with E-state index in [0.717, 1.165) is 17.4 Å². The lowest BCUT2D eigenvalue weighted by atomic mass is 9.83. The summed E-state index contributed by atoms with van der Waals surface area (Å²) in [5.74, 6) is 1.80. The van der Waals surface area contributed by atoms with Gasteiger partial charge < -0.3 is 10.2 Å². The van der Waals surface area contributed by atoms with Crippen molar-refractivity contribution in [2.75, 3.05) is 25.4 Å². The van der Waals surface area contributed by atoms with Gasteiger partial charge in [0.1, 0.15) is 0 Å². The van der Waals surface area contributed by atoms with Gasteiger partial charge in [0, 0.05) is 17.8 Å². The minimum Gasteiger partial charge on any atom is -0.355 e. The van der Waals surface area contributed by atoms with Gasteiger partial charge >= 0.3 is 0 Å². The van der Waals surface area contributed by atoms with Gasteiger partial charge in [0.2, 0.25) is 5.91 Å². The van der Waals surface area contributed by atoms with Crippen molar-refractivity contribution in [1.82, 2.24) is 10.2 Å². The molecule has 0 spiro atoms. The summed E-state index contributed by atoms with van der Waals surface area (Å²) in [6.07, 6.45) is 6.79. The predicted octanol–water partition coefficient (Wildman–Crippen LogP) is 5.04. The van der Waals surface area contributed by atoms with Crippen molar-refractivity contribution in [3.63, 3.8) is 0 Å². The maximum Gasteiger partial charge on any atom is 0.224 e. The first kappa shape index (κ1) is 21.3. The number of hydrogen-bond acceptors (Lipinski definition) is 3. The van der Waals surface area contributed by atoms with E-state index in [9.17, 15) is 4.79 Å². The van der Waals surface area contributed by atoms with E-state index in [1.807, 2.05) is 6.07 Å². The Morgan fingerprint density at radius 3 is 2.70 bits per heavy atom. The molecule has 1 N–H and O–H groups in total. The van der Waals surface area contributed by atoms with E-state index in [2.05, 4.69) is 28.9 Å². The van der Waals surface area contributed by atoms with Crippen LogP contribution in [0, 0.1) is 5.92 Å². The third kappa shape index (κ3) is 6.03. The molecule has 150 valence electrons. The fraction of sp³-hybridized carbons (Fsp3) is 0.667. The first-order valence-corrected chi connectivity index (χ1v) is 11.9. The number of halogens is 2. The number of amides is 1. The number of nitrogens with zero attached hydrogens (tertiary/aromatic N) is 1. The van der Waals surface area contributed by atoms with Crippen molar-refractivity contribution in [1.29, 1.82) is 0 Å². The van der Waals surface area contributed by atoms with E-state index < -0.39 is 0 Å². The topological polar surface area (TPSA) is 32.3 Å². The molecule has 2 aliphatic rings. The Hall–Kier alpha value is -0.420. The van der Waals surface area contributed by atoms with E-state index in [1.54, 1.807) is 12.1 Å². The standard InChI is InChI=1S/C21H30Cl2N2OS/c1-2-27-17-6-8-20(25-9-3-4-10-25)16(13-17)14-24-21(26)12-15-5-7-18(22)19(23)11-15/h5,7,11,16-17,20H,2-4,6,8-10,12-14H2,1H3,(H,24,26). The van der Waals surface area contributed by atoms with Crippen molar-refractivity contribution >= 4 is 40.9 Å². The van der Waals surface area contributed by atoms with Gasteiger partial charge in [0.15, 0.2) is 0 Å². The normalized spacial score (nSPS) is 26.3. The maximum absolute atomic E-state index is 12.5. The van der Waals surface area contributed by atoms with E-state index in [-0.39, 0.29) is 5.91 Å². The van der Waals surface area contributed by atoms with E-state index in [1.165, 1.54) is 50.9 Å². The first-order chi connectivity index (χ1) is 13.1. The number of carbonyl (C=O) groups excluding carboxylic acids is 1. The summed E-state index contributed by atoms with van der Waals surface area (Å²) in [6, 6.07) is 6.04. The molecule has 1 aliphatic heterocycles. The van der Waals surface area contributed by atoms with Crippen molar-refractivity contribution in [2.24, 2.45) is 5.92 Å². The average Bonchev–Trinajstić information content (AvgIpc) is 3.18. The molecule has 2 fully saturated rings. The molecule has 27 heavy (non-hydrogen) atoms. The smallest absolute Gasteiger partial charge is 0.224 e. The zero-order chi connectivity index (χ0) is 19.2. The Morgan fingerprint density at radius 1 is 1.22 bits per heavy atom. The molecule has 1 saturated carbocycles. The lowest BCUT2D eigenvalue weighted by Crippen LogP contribution is -2.47. The summed E-state index contributed by atoms with van der Waals surface area (Å²) < 4.78 is 0. The molecule has 3 nitrogen and oxygen atoms in total. The van der Waals surface area contributed by atoms with Gasteiger partial charge in [-0.15, -0.1) is 0 Å². The largest absolute Gasteiger partial charge is 0.355 e. The summed E-state index contributed by atoms with van der Waals surface area (Å²) in [5, 5.41) is 4.97. The zero-order valence-corrected chi connectivity index (χ0v) is 18.4. The van der Waals surface area contributed by atoms with Gasteiger partial charge in [-0.05, 0) is 74.6 Å². The first-order valence-electron chi connectivity index (χ1n) is 10.1. The van der Waals surface area contributed by atoms with Gasteiger partial charge in [-0.1, -0.05) is 36.2 Å². The number of likely N-dealkylation sites (tertiary alicyclic amines) is 1.